The zero-order chi connectivity index (χ0) is 16.4. The van der Waals surface area contributed by atoms with Gasteiger partial charge in [-0.05, 0) is 52.5 Å². The monoisotopic (exact) mass is 322 g/mol. The van der Waals surface area contributed by atoms with Crippen molar-refractivity contribution in [2.24, 2.45) is 5.41 Å². The number of fused-ring (bicyclic) bond motifs is 1. The first-order valence-electron chi connectivity index (χ1n) is 9.07. The third-order valence-corrected chi connectivity index (χ3v) is 5.76. The number of nitrogens with one attached hydrogen (secondary N) is 2. The molecule has 6 nitrogen and oxygen atoms in total. The Morgan fingerprint density at radius 2 is 2.13 bits per heavy atom. The number of hydrogen-bond donors (Lipinski definition) is 2. The second kappa shape index (κ2) is 6.67. The summed E-state index contributed by atoms with van der Waals surface area (Å²) in [5.41, 5.74) is -0.400. The van der Waals surface area contributed by atoms with E-state index in [1.165, 1.54) is 6.42 Å². The van der Waals surface area contributed by atoms with Crippen molar-refractivity contribution >= 4 is 11.9 Å². The molecule has 3 amide bonds. The summed E-state index contributed by atoms with van der Waals surface area (Å²) in [6.45, 7) is 7.89. The molecule has 3 saturated heterocycles. The van der Waals surface area contributed by atoms with Crippen LogP contribution in [0.5, 0.6) is 0 Å². The minimum absolute atomic E-state index is 0.0845. The summed E-state index contributed by atoms with van der Waals surface area (Å²) in [7, 11) is 0. The average Bonchev–Trinajstić information content (AvgIpc) is 3.17. The predicted octanol–water partition coefficient (Wildman–Crippen LogP) is 1.17. The van der Waals surface area contributed by atoms with E-state index in [0.717, 1.165) is 45.3 Å². The third kappa shape index (κ3) is 3.32. The van der Waals surface area contributed by atoms with Gasteiger partial charge in [-0.1, -0.05) is 0 Å². The molecule has 3 aliphatic heterocycles. The van der Waals surface area contributed by atoms with E-state index in [1.54, 1.807) is 0 Å². The van der Waals surface area contributed by atoms with E-state index in [2.05, 4.69) is 10.6 Å². The van der Waals surface area contributed by atoms with Gasteiger partial charge in [0.2, 0.25) is 5.91 Å². The minimum atomic E-state index is -0.400. The largest absolute Gasteiger partial charge is 0.354 e. The number of carbonyl (C=O) groups is 2. The highest BCUT2D eigenvalue weighted by atomic mass is 16.2. The standard InChI is InChI=1S/C17H30N4O2/c1-17(2,14-7-5-8-18-14)15(22)19-9-11-20-12-13-6-3-4-10-21(13)16(20)23/h13-14,18H,3-12H2,1-2H3,(H,19,22). The van der Waals surface area contributed by atoms with E-state index in [0.29, 0.717) is 19.1 Å². The molecule has 2 atom stereocenters. The summed E-state index contributed by atoms with van der Waals surface area (Å²) < 4.78 is 0. The fourth-order valence-electron chi connectivity index (χ4n) is 4.13. The van der Waals surface area contributed by atoms with Gasteiger partial charge in [0.25, 0.3) is 0 Å². The summed E-state index contributed by atoms with van der Waals surface area (Å²) in [4.78, 5) is 28.8. The number of hydrogen-bond acceptors (Lipinski definition) is 3. The number of rotatable bonds is 5. The van der Waals surface area contributed by atoms with Crippen LogP contribution >= 0.6 is 0 Å². The molecule has 130 valence electrons. The maximum absolute atomic E-state index is 12.5. The van der Waals surface area contributed by atoms with Crippen molar-refractivity contribution in [1.29, 1.82) is 0 Å². The molecule has 0 spiro atoms. The summed E-state index contributed by atoms with van der Waals surface area (Å²) in [5, 5.41) is 6.46. The maximum atomic E-state index is 12.5. The van der Waals surface area contributed by atoms with Crippen LogP contribution in [0.4, 0.5) is 4.79 Å². The number of piperidine rings is 1. The molecule has 0 saturated carbocycles. The first kappa shape index (κ1) is 16.6. The van der Waals surface area contributed by atoms with Crippen LogP contribution in [-0.4, -0.2) is 66.5 Å². The van der Waals surface area contributed by atoms with E-state index in [4.69, 9.17) is 0 Å². The molecule has 3 rings (SSSR count). The van der Waals surface area contributed by atoms with Crippen LogP contribution in [0.25, 0.3) is 0 Å². The summed E-state index contributed by atoms with van der Waals surface area (Å²) in [6, 6.07) is 0.802. The summed E-state index contributed by atoms with van der Waals surface area (Å²) >= 11 is 0. The Morgan fingerprint density at radius 3 is 2.83 bits per heavy atom. The number of urea groups is 1. The fraction of sp³-hybridized carbons (Fsp3) is 0.882. The number of amides is 3. The first-order valence-corrected chi connectivity index (χ1v) is 9.07. The van der Waals surface area contributed by atoms with Crippen LogP contribution in [0.15, 0.2) is 0 Å². The van der Waals surface area contributed by atoms with E-state index in [-0.39, 0.29) is 18.0 Å². The quantitative estimate of drug-likeness (QED) is 0.799. The highest BCUT2D eigenvalue weighted by Gasteiger charge is 2.39. The van der Waals surface area contributed by atoms with Gasteiger partial charge in [0.15, 0.2) is 0 Å². The van der Waals surface area contributed by atoms with Crippen molar-refractivity contribution in [2.45, 2.75) is 58.0 Å². The molecule has 0 aromatic heterocycles. The maximum Gasteiger partial charge on any atom is 0.320 e. The molecular formula is C17H30N4O2. The third-order valence-electron chi connectivity index (χ3n) is 5.76. The van der Waals surface area contributed by atoms with Crippen molar-refractivity contribution in [3.63, 3.8) is 0 Å². The first-order chi connectivity index (χ1) is 11.0. The van der Waals surface area contributed by atoms with Crippen LogP contribution in [-0.2, 0) is 4.79 Å². The lowest BCUT2D eigenvalue weighted by atomic mass is 9.82. The van der Waals surface area contributed by atoms with Gasteiger partial charge in [-0.3, -0.25) is 4.79 Å². The molecule has 3 fully saturated rings. The Hall–Kier alpha value is -1.30. The smallest absolute Gasteiger partial charge is 0.320 e. The predicted molar refractivity (Wildman–Crippen MR) is 89.1 cm³/mol. The van der Waals surface area contributed by atoms with Crippen LogP contribution in [0, 0.1) is 5.41 Å². The van der Waals surface area contributed by atoms with Crippen molar-refractivity contribution in [2.75, 3.05) is 32.7 Å². The van der Waals surface area contributed by atoms with Crippen molar-refractivity contribution < 1.29 is 9.59 Å². The van der Waals surface area contributed by atoms with Gasteiger partial charge in [-0.25, -0.2) is 4.79 Å². The molecular weight excluding hydrogens is 292 g/mol. The van der Waals surface area contributed by atoms with Crippen molar-refractivity contribution in [3.8, 4) is 0 Å². The van der Waals surface area contributed by atoms with E-state index < -0.39 is 5.41 Å². The molecule has 6 heteroatoms. The van der Waals surface area contributed by atoms with Crippen LogP contribution in [0.1, 0.15) is 46.0 Å². The molecule has 23 heavy (non-hydrogen) atoms. The minimum Gasteiger partial charge on any atom is -0.354 e. The van der Waals surface area contributed by atoms with Crippen LogP contribution in [0.3, 0.4) is 0 Å². The van der Waals surface area contributed by atoms with Crippen molar-refractivity contribution in [3.05, 3.63) is 0 Å². The molecule has 0 aliphatic carbocycles. The van der Waals surface area contributed by atoms with E-state index >= 15 is 0 Å². The Morgan fingerprint density at radius 1 is 1.30 bits per heavy atom. The Labute approximate surface area is 139 Å². The number of carbonyl (C=O) groups excluding carboxylic acids is 2. The topological polar surface area (TPSA) is 64.7 Å². The molecule has 2 unspecified atom stereocenters. The number of nitrogens with zero attached hydrogens (tertiary/aromatic N) is 2. The zero-order valence-corrected chi connectivity index (χ0v) is 14.4. The Kier molecular flexibility index (Phi) is 4.80. The molecule has 0 aromatic carbocycles. The zero-order valence-electron chi connectivity index (χ0n) is 14.4. The lowest BCUT2D eigenvalue weighted by Gasteiger charge is -2.30. The van der Waals surface area contributed by atoms with E-state index in [1.807, 2.05) is 23.6 Å². The van der Waals surface area contributed by atoms with Gasteiger partial charge in [0.05, 0.1) is 11.5 Å². The normalized spacial score (nSPS) is 28.2. The second-order valence-electron chi connectivity index (χ2n) is 7.70. The molecule has 0 bridgehead atoms. The fourth-order valence-corrected chi connectivity index (χ4v) is 4.13. The molecule has 2 N–H and O–H groups in total. The molecule has 3 heterocycles. The van der Waals surface area contributed by atoms with Gasteiger partial charge in [-0.2, -0.15) is 0 Å². The Bertz CT molecular complexity index is 460. The van der Waals surface area contributed by atoms with Gasteiger partial charge in [-0.15, -0.1) is 0 Å². The highest BCUT2D eigenvalue weighted by Crippen LogP contribution is 2.27. The van der Waals surface area contributed by atoms with E-state index in [9.17, 15) is 9.59 Å². The van der Waals surface area contributed by atoms with Gasteiger partial charge in [0, 0.05) is 32.2 Å². The van der Waals surface area contributed by atoms with Gasteiger partial charge < -0.3 is 20.4 Å². The lowest BCUT2D eigenvalue weighted by molar-refractivity contribution is -0.130. The highest BCUT2D eigenvalue weighted by molar-refractivity contribution is 5.83. The summed E-state index contributed by atoms with van der Waals surface area (Å²) in [6.07, 6.45) is 5.66. The Balaban J connectivity index is 1.46. The van der Waals surface area contributed by atoms with Crippen LogP contribution in [0.2, 0.25) is 0 Å². The summed E-state index contributed by atoms with van der Waals surface area (Å²) in [5.74, 6) is 0.0845. The second-order valence-corrected chi connectivity index (χ2v) is 7.70. The SMILES string of the molecule is CC(C)(C(=O)NCCN1CC2CCCCN2C1=O)C1CCCN1. The van der Waals surface area contributed by atoms with Crippen molar-refractivity contribution in [1.82, 2.24) is 20.4 Å². The van der Waals surface area contributed by atoms with Gasteiger partial charge in [0.1, 0.15) is 0 Å². The lowest BCUT2D eigenvalue weighted by Crippen LogP contribution is -2.50. The average molecular weight is 322 g/mol. The molecule has 3 aliphatic rings. The molecule has 0 radical (unpaired) electrons. The van der Waals surface area contributed by atoms with Crippen LogP contribution < -0.4 is 10.6 Å². The molecule has 0 aromatic rings. The van der Waals surface area contributed by atoms with Gasteiger partial charge >= 0.3 is 6.03 Å².